The van der Waals surface area contributed by atoms with Crippen LogP contribution in [0.15, 0.2) is 35.5 Å². The summed E-state index contributed by atoms with van der Waals surface area (Å²) in [5, 5.41) is 3.39. The van der Waals surface area contributed by atoms with Crippen molar-refractivity contribution in [2.24, 2.45) is 10.7 Å². The van der Waals surface area contributed by atoms with E-state index < -0.39 is 0 Å². The first-order chi connectivity index (χ1) is 7.58. The molecule has 84 valence electrons. The second kappa shape index (κ2) is 4.00. The number of fused-ring (bicyclic) bond motifs is 1. The van der Waals surface area contributed by atoms with Gasteiger partial charge >= 0.3 is 0 Å². The molecule has 0 atom stereocenters. The molecule has 16 heavy (non-hydrogen) atoms. The van der Waals surface area contributed by atoms with Crippen molar-refractivity contribution in [1.82, 2.24) is 0 Å². The summed E-state index contributed by atoms with van der Waals surface area (Å²) in [4.78, 5) is 4.25. The summed E-state index contributed by atoms with van der Waals surface area (Å²) in [7, 11) is 0. The van der Waals surface area contributed by atoms with Gasteiger partial charge in [0.2, 0.25) is 0 Å². The molecule has 0 aliphatic carbocycles. The fourth-order valence-electron chi connectivity index (χ4n) is 1.97. The maximum atomic E-state index is 5.96. The summed E-state index contributed by atoms with van der Waals surface area (Å²) >= 11 is 0. The van der Waals surface area contributed by atoms with Gasteiger partial charge in [-0.2, -0.15) is 0 Å². The van der Waals surface area contributed by atoms with E-state index in [0.717, 1.165) is 23.4 Å². The number of nitrogens with two attached hydrogens (primary N) is 1. The molecule has 1 aliphatic heterocycles. The van der Waals surface area contributed by atoms with Crippen LogP contribution in [0, 0.1) is 0 Å². The van der Waals surface area contributed by atoms with E-state index in [1.165, 1.54) is 5.56 Å². The number of nitrogens with zero attached hydrogens (tertiary/aromatic N) is 1. The summed E-state index contributed by atoms with van der Waals surface area (Å²) in [5.74, 6) is 0.565. The van der Waals surface area contributed by atoms with Crippen molar-refractivity contribution < 1.29 is 0 Å². The molecule has 3 heteroatoms. The van der Waals surface area contributed by atoms with E-state index in [1.807, 2.05) is 12.1 Å². The SMILES string of the molecule is C=C1Cc2cccc(NC(C)C)c2C(N)=N1. The molecule has 2 rings (SSSR count). The Labute approximate surface area is 96.1 Å². The van der Waals surface area contributed by atoms with E-state index in [0.29, 0.717) is 11.9 Å². The zero-order valence-corrected chi connectivity index (χ0v) is 9.75. The quantitative estimate of drug-likeness (QED) is 0.795. The van der Waals surface area contributed by atoms with Crippen molar-refractivity contribution in [3.63, 3.8) is 0 Å². The Morgan fingerprint density at radius 3 is 2.88 bits per heavy atom. The lowest BCUT2D eigenvalue weighted by atomic mass is 9.97. The second-order valence-corrected chi connectivity index (χ2v) is 4.38. The molecule has 0 spiro atoms. The minimum absolute atomic E-state index is 0.379. The molecule has 0 radical (unpaired) electrons. The normalized spacial score (nSPS) is 14.7. The maximum absolute atomic E-state index is 5.96. The lowest BCUT2D eigenvalue weighted by Crippen LogP contribution is -2.23. The molecular formula is C13H17N3. The molecule has 1 heterocycles. The Hall–Kier alpha value is -1.77. The Bertz CT molecular complexity index is 458. The van der Waals surface area contributed by atoms with Crippen molar-refractivity contribution in [2.75, 3.05) is 5.32 Å². The predicted molar refractivity (Wildman–Crippen MR) is 68.8 cm³/mol. The highest BCUT2D eigenvalue weighted by molar-refractivity contribution is 6.05. The molecule has 0 amide bonds. The third-order valence-corrected chi connectivity index (χ3v) is 2.52. The van der Waals surface area contributed by atoms with E-state index in [9.17, 15) is 0 Å². The van der Waals surface area contributed by atoms with Crippen LogP contribution in [0.25, 0.3) is 0 Å². The fourth-order valence-corrected chi connectivity index (χ4v) is 1.97. The second-order valence-electron chi connectivity index (χ2n) is 4.38. The smallest absolute Gasteiger partial charge is 0.133 e. The van der Waals surface area contributed by atoms with Crippen molar-refractivity contribution >= 4 is 11.5 Å². The molecule has 1 aromatic carbocycles. The van der Waals surface area contributed by atoms with Crippen LogP contribution < -0.4 is 11.1 Å². The Kier molecular flexibility index (Phi) is 2.69. The average molecular weight is 215 g/mol. The Balaban J connectivity index is 2.49. The van der Waals surface area contributed by atoms with Crippen LogP contribution in [-0.2, 0) is 6.42 Å². The molecule has 1 aromatic rings. The first-order valence-corrected chi connectivity index (χ1v) is 5.48. The van der Waals surface area contributed by atoms with Gasteiger partial charge in [-0.15, -0.1) is 0 Å². The van der Waals surface area contributed by atoms with Crippen LogP contribution in [0.4, 0.5) is 5.69 Å². The van der Waals surface area contributed by atoms with Crippen LogP contribution in [0.3, 0.4) is 0 Å². The summed E-state index contributed by atoms with van der Waals surface area (Å²) in [5.41, 5.74) is 10.1. The summed E-state index contributed by atoms with van der Waals surface area (Å²) in [6.07, 6.45) is 0.781. The first-order valence-electron chi connectivity index (χ1n) is 5.48. The molecule has 0 unspecified atom stereocenters. The van der Waals surface area contributed by atoms with E-state index in [1.54, 1.807) is 0 Å². The number of hydrogen-bond acceptors (Lipinski definition) is 3. The molecule has 3 nitrogen and oxygen atoms in total. The number of nitrogens with one attached hydrogen (secondary N) is 1. The number of rotatable bonds is 2. The molecule has 1 aliphatic rings. The third kappa shape index (κ3) is 1.94. The lowest BCUT2D eigenvalue weighted by Gasteiger charge is -2.21. The topological polar surface area (TPSA) is 50.4 Å². The van der Waals surface area contributed by atoms with Gasteiger partial charge in [0.15, 0.2) is 0 Å². The minimum atomic E-state index is 0.379. The Morgan fingerprint density at radius 2 is 2.19 bits per heavy atom. The van der Waals surface area contributed by atoms with Crippen molar-refractivity contribution in [1.29, 1.82) is 0 Å². The minimum Gasteiger partial charge on any atom is -0.383 e. The van der Waals surface area contributed by atoms with Crippen LogP contribution in [-0.4, -0.2) is 11.9 Å². The van der Waals surface area contributed by atoms with E-state index in [4.69, 9.17) is 5.73 Å². The summed E-state index contributed by atoms with van der Waals surface area (Å²) in [6, 6.07) is 6.53. The number of anilines is 1. The van der Waals surface area contributed by atoms with Crippen LogP contribution in [0.1, 0.15) is 25.0 Å². The molecule has 0 aromatic heterocycles. The van der Waals surface area contributed by atoms with Gasteiger partial charge in [-0.25, -0.2) is 4.99 Å². The number of aliphatic imine (C=N–C) groups is 1. The van der Waals surface area contributed by atoms with E-state index in [2.05, 4.69) is 36.8 Å². The fraction of sp³-hybridized carbons (Fsp3) is 0.308. The highest BCUT2D eigenvalue weighted by Crippen LogP contribution is 2.26. The molecule has 3 N–H and O–H groups in total. The van der Waals surface area contributed by atoms with Gasteiger partial charge in [-0.3, -0.25) is 0 Å². The predicted octanol–water partition coefficient (Wildman–Crippen LogP) is 2.28. The lowest BCUT2D eigenvalue weighted by molar-refractivity contribution is 0.897. The maximum Gasteiger partial charge on any atom is 0.133 e. The summed E-state index contributed by atoms with van der Waals surface area (Å²) < 4.78 is 0. The van der Waals surface area contributed by atoms with Crippen LogP contribution >= 0.6 is 0 Å². The zero-order chi connectivity index (χ0) is 11.7. The first kappa shape index (κ1) is 10.7. The van der Waals surface area contributed by atoms with Gasteiger partial charge in [-0.1, -0.05) is 18.7 Å². The molecule has 0 bridgehead atoms. The number of amidine groups is 1. The molecule has 0 saturated carbocycles. The van der Waals surface area contributed by atoms with Gasteiger partial charge in [0.25, 0.3) is 0 Å². The van der Waals surface area contributed by atoms with Crippen LogP contribution in [0.5, 0.6) is 0 Å². The molecule has 0 fully saturated rings. The monoisotopic (exact) mass is 215 g/mol. The molecular weight excluding hydrogens is 198 g/mol. The Morgan fingerprint density at radius 1 is 1.44 bits per heavy atom. The summed E-state index contributed by atoms with van der Waals surface area (Å²) in [6.45, 7) is 8.08. The van der Waals surface area contributed by atoms with Gasteiger partial charge in [0, 0.05) is 29.4 Å². The van der Waals surface area contributed by atoms with Crippen molar-refractivity contribution in [2.45, 2.75) is 26.3 Å². The van der Waals surface area contributed by atoms with Gasteiger partial charge in [-0.05, 0) is 25.5 Å². The van der Waals surface area contributed by atoms with Gasteiger partial charge in [0.1, 0.15) is 5.84 Å². The zero-order valence-electron chi connectivity index (χ0n) is 9.75. The molecule has 0 saturated heterocycles. The van der Waals surface area contributed by atoms with Crippen LogP contribution in [0.2, 0.25) is 0 Å². The number of hydrogen-bond donors (Lipinski definition) is 2. The number of allylic oxidation sites excluding steroid dienone is 1. The number of benzene rings is 1. The standard InChI is InChI=1S/C13H17N3/c1-8(2)15-11-6-4-5-10-7-9(3)16-13(14)12(10)11/h4-6,8,15H,3,7H2,1-2H3,(H2,14,16). The highest BCUT2D eigenvalue weighted by atomic mass is 14.9. The van der Waals surface area contributed by atoms with Gasteiger partial charge in [0.05, 0.1) is 0 Å². The van der Waals surface area contributed by atoms with Crippen molar-refractivity contribution in [3.8, 4) is 0 Å². The highest BCUT2D eigenvalue weighted by Gasteiger charge is 2.17. The van der Waals surface area contributed by atoms with Crippen molar-refractivity contribution in [3.05, 3.63) is 41.6 Å². The average Bonchev–Trinajstić information content (AvgIpc) is 2.15. The van der Waals surface area contributed by atoms with E-state index in [-0.39, 0.29) is 0 Å². The largest absolute Gasteiger partial charge is 0.383 e. The van der Waals surface area contributed by atoms with Gasteiger partial charge < -0.3 is 11.1 Å². The third-order valence-electron chi connectivity index (χ3n) is 2.52. The van der Waals surface area contributed by atoms with E-state index >= 15 is 0 Å².